The van der Waals surface area contributed by atoms with Crippen molar-refractivity contribution in [3.8, 4) is 0 Å². The van der Waals surface area contributed by atoms with Gasteiger partial charge in [0.05, 0.1) is 11.6 Å². The smallest absolute Gasteiger partial charge is 0.309 e. The second-order valence-corrected chi connectivity index (χ2v) is 11.5. The Hall–Kier alpha value is -3.14. The number of nitrogens with zero attached hydrogens (tertiary/aromatic N) is 1. The van der Waals surface area contributed by atoms with Crippen LogP contribution in [0.2, 0.25) is 0 Å². The highest BCUT2D eigenvalue weighted by Crippen LogP contribution is 2.57. The van der Waals surface area contributed by atoms with E-state index >= 15 is 0 Å². The van der Waals surface area contributed by atoms with Gasteiger partial charge < -0.3 is 9.94 Å². The maximum Gasteiger partial charge on any atom is 0.309 e. The first-order valence-corrected chi connectivity index (χ1v) is 13.3. The average Bonchev–Trinajstić information content (AvgIpc) is 2.86. The van der Waals surface area contributed by atoms with Gasteiger partial charge in [-0.1, -0.05) is 80.9 Å². The molecule has 2 aliphatic rings. The number of aliphatic carboxylic acids is 1. The van der Waals surface area contributed by atoms with Crippen molar-refractivity contribution < 1.29 is 14.7 Å². The minimum absolute atomic E-state index is 0.138. The molecule has 0 aliphatic heterocycles. The summed E-state index contributed by atoms with van der Waals surface area (Å²) in [4.78, 5) is 18.1. The summed E-state index contributed by atoms with van der Waals surface area (Å²) in [5.41, 5.74) is 5.34. The molecule has 1 saturated carbocycles. The molecule has 0 aromatic heterocycles. The molecule has 0 spiro atoms. The lowest BCUT2D eigenvalue weighted by Gasteiger charge is -2.53. The summed E-state index contributed by atoms with van der Waals surface area (Å²) in [6.45, 7) is 9.10. The van der Waals surface area contributed by atoms with E-state index in [0.717, 1.165) is 43.2 Å². The number of aryl methyl sites for hydroxylation is 1. The summed E-state index contributed by atoms with van der Waals surface area (Å²) < 4.78 is 0. The lowest BCUT2D eigenvalue weighted by atomic mass is 9.49. The molecule has 1 N–H and O–H groups in total. The summed E-state index contributed by atoms with van der Waals surface area (Å²) in [5.74, 6) is -0.152. The second kappa shape index (κ2) is 9.38. The van der Waals surface area contributed by atoms with Crippen LogP contribution in [0.1, 0.15) is 87.1 Å². The molecule has 36 heavy (non-hydrogen) atoms. The third kappa shape index (κ3) is 4.11. The van der Waals surface area contributed by atoms with Crippen LogP contribution in [0.25, 0.3) is 10.8 Å². The van der Waals surface area contributed by atoms with E-state index in [2.05, 4.69) is 68.4 Å². The molecule has 188 valence electrons. The van der Waals surface area contributed by atoms with Crippen LogP contribution in [-0.2, 0) is 28.1 Å². The Balaban J connectivity index is 1.45. The Morgan fingerprint density at radius 2 is 1.92 bits per heavy atom. The van der Waals surface area contributed by atoms with Gasteiger partial charge >= 0.3 is 5.97 Å². The third-order valence-electron chi connectivity index (χ3n) is 9.03. The van der Waals surface area contributed by atoms with E-state index in [9.17, 15) is 9.90 Å². The van der Waals surface area contributed by atoms with Gasteiger partial charge in [0, 0.05) is 0 Å². The van der Waals surface area contributed by atoms with E-state index in [1.165, 1.54) is 27.5 Å². The minimum atomic E-state index is -0.669. The molecule has 0 saturated heterocycles. The van der Waals surface area contributed by atoms with Crippen molar-refractivity contribution in [3.63, 3.8) is 0 Å². The molecule has 4 heteroatoms. The quantitative estimate of drug-likeness (QED) is 0.290. The SMILES string of the molecule is CC(C)c1cc2c(cc1/C=N/OCc1cccc3ccccc13)[C@@]1(C)CCCC(C)(C(=O)O)C1CC2. The monoisotopic (exact) mass is 483 g/mol. The van der Waals surface area contributed by atoms with Gasteiger partial charge in [0.1, 0.15) is 6.61 Å². The predicted octanol–water partition coefficient (Wildman–Crippen LogP) is 7.61. The highest BCUT2D eigenvalue weighted by molar-refractivity contribution is 5.85. The van der Waals surface area contributed by atoms with Crippen LogP contribution >= 0.6 is 0 Å². The molecule has 5 rings (SSSR count). The maximum atomic E-state index is 12.3. The summed E-state index contributed by atoms with van der Waals surface area (Å²) in [6, 6.07) is 19.2. The average molecular weight is 484 g/mol. The van der Waals surface area contributed by atoms with Crippen molar-refractivity contribution in [2.75, 3.05) is 0 Å². The zero-order valence-corrected chi connectivity index (χ0v) is 21.9. The van der Waals surface area contributed by atoms with Gasteiger partial charge in [-0.15, -0.1) is 0 Å². The Bertz CT molecular complexity index is 1320. The minimum Gasteiger partial charge on any atom is -0.481 e. The highest BCUT2D eigenvalue weighted by atomic mass is 16.6. The van der Waals surface area contributed by atoms with E-state index in [-0.39, 0.29) is 11.3 Å². The van der Waals surface area contributed by atoms with Crippen molar-refractivity contribution in [2.45, 2.75) is 77.7 Å². The highest BCUT2D eigenvalue weighted by Gasteiger charge is 2.55. The Labute approximate surface area is 214 Å². The molecule has 4 nitrogen and oxygen atoms in total. The van der Waals surface area contributed by atoms with Crippen molar-refractivity contribution in [1.29, 1.82) is 0 Å². The molecule has 0 bridgehead atoms. The number of hydrogen-bond donors (Lipinski definition) is 1. The van der Waals surface area contributed by atoms with Crippen molar-refractivity contribution in [3.05, 3.63) is 82.4 Å². The zero-order chi connectivity index (χ0) is 25.5. The summed E-state index contributed by atoms with van der Waals surface area (Å²) >= 11 is 0. The first kappa shape index (κ1) is 24.5. The molecule has 2 unspecified atom stereocenters. The summed E-state index contributed by atoms with van der Waals surface area (Å²) in [5, 5.41) is 16.9. The van der Waals surface area contributed by atoms with Gasteiger partial charge in [0.2, 0.25) is 0 Å². The number of hydrogen-bond acceptors (Lipinski definition) is 3. The lowest BCUT2D eigenvalue weighted by molar-refractivity contribution is -0.157. The fourth-order valence-electron chi connectivity index (χ4n) is 7.04. The Morgan fingerprint density at radius 1 is 1.14 bits per heavy atom. The largest absolute Gasteiger partial charge is 0.481 e. The molecular formula is C32H37NO3. The van der Waals surface area contributed by atoms with Gasteiger partial charge in [0.25, 0.3) is 0 Å². The van der Waals surface area contributed by atoms with E-state index in [4.69, 9.17) is 4.84 Å². The topological polar surface area (TPSA) is 58.9 Å². The summed E-state index contributed by atoms with van der Waals surface area (Å²) in [7, 11) is 0. The number of oxime groups is 1. The molecule has 0 radical (unpaired) electrons. The van der Waals surface area contributed by atoms with E-state index in [0.29, 0.717) is 12.5 Å². The molecule has 0 heterocycles. The standard InChI is InChI=1S/C32H37NO3/c1-21(2)27-17-23-13-14-29-31(3,15-8-16-32(29,4)30(34)35)28(23)18-25(27)19-33-36-20-24-11-7-10-22-9-5-6-12-26(22)24/h5-7,9-12,17-19,21,29H,8,13-16,20H2,1-4H3,(H,34,35)/b33-19+/t29?,31-,32?/m1/s1. The second-order valence-electron chi connectivity index (χ2n) is 11.5. The lowest BCUT2D eigenvalue weighted by Crippen LogP contribution is -2.52. The van der Waals surface area contributed by atoms with Gasteiger partial charge in [-0.3, -0.25) is 4.79 Å². The van der Waals surface area contributed by atoms with E-state index in [1.807, 2.05) is 25.3 Å². The number of carboxylic acid groups (broad SMARTS) is 1. The predicted molar refractivity (Wildman–Crippen MR) is 146 cm³/mol. The van der Waals surface area contributed by atoms with Crippen LogP contribution in [0.5, 0.6) is 0 Å². The van der Waals surface area contributed by atoms with Gasteiger partial charge in [-0.2, -0.15) is 0 Å². The van der Waals surface area contributed by atoms with E-state index in [1.54, 1.807) is 0 Å². The fourth-order valence-corrected chi connectivity index (χ4v) is 7.04. The van der Waals surface area contributed by atoms with Gasteiger partial charge in [-0.05, 0) is 94.5 Å². The van der Waals surface area contributed by atoms with Crippen LogP contribution in [-0.4, -0.2) is 17.3 Å². The fraction of sp³-hybridized carbons (Fsp3) is 0.438. The zero-order valence-electron chi connectivity index (χ0n) is 21.9. The van der Waals surface area contributed by atoms with Gasteiger partial charge in [-0.25, -0.2) is 0 Å². The van der Waals surface area contributed by atoms with Crippen LogP contribution in [0.4, 0.5) is 0 Å². The molecule has 3 aromatic carbocycles. The molecular weight excluding hydrogens is 446 g/mol. The first-order chi connectivity index (χ1) is 17.2. The van der Waals surface area contributed by atoms with E-state index < -0.39 is 11.4 Å². The van der Waals surface area contributed by atoms with Crippen LogP contribution in [0.15, 0.2) is 59.8 Å². The molecule has 0 amide bonds. The molecule has 1 fully saturated rings. The molecule has 2 aliphatic carbocycles. The van der Waals surface area contributed by atoms with Crippen LogP contribution in [0, 0.1) is 11.3 Å². The third-order valence-corrected chi connectivity index (χ3v) is 9.03. The first-order valence-electron chi connectivity index (χ1n) is 13.3. The Morgan fingerprint density at radius 3 is 2.69 bits per heavy atom. The number of rotatable bonds is 6. The van der Waals surface area contributed by atoms with Crippen LogP contribution in [0.3, 0.4) is 0 Å². The van der Waals surface area contributed by atoms with Crippen molar-refractivity contribution in [1.82, 2.24) is 0 Å². The normalized spacial score (nSPS) is 25.6. The number of fused-ring (bicyclic) bond motifs is 4. The van der Waals surface area contributed by atoms with Crippen molar-refractivity contribution >= 4 is 23.0 Å². The van der Waals surface area contributed by atoms with Crippen molar-refractivity contribution in [2.24, 2.45) is 16.5 Å². The number of benzene rings is 3. The summed E-state index contributed by atoms with van der Waals surface area (Å²) in [6.07, 6.45) is 6.46. The number of carbonyl (C=O) groups is 1. The Kier molecular flexibility index (Phi) is 6.40. The maximum absolute atomic E-state index is 12.3. The molecule has 3 aromatic rings. The van der Waals surface area contributed by atoms with Gasteiger partial charge in [0.15, 0.2) is 0 Å². The molecule has 3 atom stereocenters. The number of carboxylic acids is 1. The van der Waals surface area contributed by atoms with Crippen LogP contribution < -0.4 is 0 Å².